The van der Waals surface area contributed by atoms with E-state index >= 15 is 0 Å². The molecule has 2 rings (SSSR count). The number of amides is 3. The highest BCUT2D eigenvalue weighted by Gasteiger charge is 2.37. The van der Waals surface area contributed by atoms with Crippen LogP contribution in [0.4, 0.5) is 4.79 Å². The van der Waals surface area contributed by atoms with Gasteiger partial charge in [0.15, 0.2) is 0 Å². The van der Waals surface area contributed by atoms with Gasteiger partial charge in [-0.15, -0.1) is 4.28 Å². The molecule has 29 heavy (non-hydrogen) atoms. The monoisotopic (exact) mass is 436 g/mol. The van der Waals surface area contributed by atoms with Gasteiger partial charge in [0.1, 0.15) is 6.04 Å². The van der Waals surface area contributed by atoms with Gasteiger partial charge in [-0.3, -0.25) is 14.2 Å². The molecule has 0 radical (unpaired) electrons. The number of urea groups is 1. The normalized spacial score (nSPS) is 25.6. The summed E-state index contributed by atoms with van der Waals surface area (Å²) in [5.41, 5.74) is 4.15. The summed E-state index contributed by atoms with van der Waals surface area (Å²) in [6, 6.07) is -1.42. The lowest BCUT2D eigenvalue weighted by Crippen LogP contribution is -2.55. The van der Waals surface area contributed by atoms with Crippen molar-refractivity contribution in [2.45, 2.75) is 77.0 Å². The molecule has 0 bridgehead atoms. The molecule has 1 aliphatic heterocycles. The molecular weight excluding hydrogens is 404 g/mol. The van der Waals surface area contributed by atoms with E-state index in [-0.39, 0.29) is 12.6 Å². The first-order chi connectivity index (χ1) is 13.8. The zero-order valence-corrected chi connectivity index (χ0v) is 17.7. The number of hydroxylamine groups is 2. The van der Waals surface area contributed by atoms with Crippen LogP contribution in [0.1, 0.15) is 58.8 Å². The Balaban J connectivity index is 1.96. The van der Waals surface area contributed by atoms with Gasteiger partial charge in [0.25, 0.3) is 5.91 Å². The maximum Gasteiger partial charge on any atom is 0.418 e. The molecule has 2 aliphatic rings. The smallest absolute Gasteiger partial charge is 0.314 e. The third-order valence-corrected chi connectivity index (χ3v) is 5.81. The summed E-state index contributed by atoms with van der Waals surface area (Å²) in [7, 11) is -4.85. The van der Waals surface area contributed by atoms with Gasteiger partial charge < -0.3 is 10.2 Å². The number of carbonyl (C=O) groups is 2. The fraction of sp³-hybridized carbons (Fsp3) is 0.882. The average Bonchev–Trinajstić information content (AvgIpc) is 2.69. The van der Waals surface area contributed by atoms with Gasteiger partial charge in [-0.1, -0.05) is 26.2 Å². The maximum atomic E-state index is 12.8. The Morgan fingerprint density at radius 1 is 1.21 bits per heavy atom. The highest BCUT2D eigenvalue weighted by Crippen LogP contribution is 2.32. The number of nitrogens with zero attached hydrogens (tertiary/aromatic N) is 1. The van der Waals surface area contributed by atoms with Gasteiger partial charge >= 0.3 is 16.4 Å². The number of hydrogen-bond acceptors (Lipinski definition) is 7. The second-order valence-electron chi connectivity index (χ2n) is 7.43. The third kappa shape index (κ3) is 7.07. The number of rotatable bonds is 9. The molecule has 1 aliphatic carbocycles. The van der Waals surface area contributed by atoms with Crippen LogP contribution in [0, 0.1) is 5.92 Å². The van der Waals surface area contributed by atoms with Crippen molar-refractivity contribution in [3.8, 4) is 0 Å². The Labute approximate surface area is 171 Å². The molecule has 3 amide bonds. The second-order valence-corrected chi connectivity index (χ2v) is 8.45. The van der Waals surface area contributed by atoms with Gasteiger partial charge in [0.05, 0.1) is 6.10 Å². The van der Waals surface area contributed by atoms with Gasteiger partial charge in [-0.25, -0.2) is 10.3 Å². The minimum absolute atomic E-state index is 0.0838. The first kappa shape index (κ1) is 23.8. The summed E-state index contributed by atoms with van der Waals surface area (Å²) in [6.45, 7) is 4.46. The number of nitrogens with one attached hydrogen (secondary N) is 3. The lowest BCUT2D eigenvalue weighted by atomic mass is 9.78. The van der Waals surface area contributed by atoms with Crippen molar-refractivity contribution < 1.29 is 31.7 Å². The Kier molecular flexibility index (Phi) is 9.08. The fourth-order valence-electron chi connectivity index (χ4n) is 4.19. The zero-order valence-electron chi connectivity index (χ0n) is 16.9. The summed E-state index contributed by atoms with van der Waals surface area (Å²) in [5.74, 6) is -0.141. The molecule has 4 atom stereocenters. The molecule has 0 aromatic heterocycles. The zero-order chi connectivity index (χ0) is 21.4. The molecule has 2 fully saturated rings. The highest BCUT2D eigenvalue weighted by molar-refractivity contribution is 7.80. The lowest BCUT2D eigenvalue weighted by molar-refractivity contribution is -0.150. The molecule has 1 saturated heterocycles. The molecule has 0 aromatic rings. The van der Waals surface area contributed by atoms with Gasteiger partial charge in [0, 0.05) is 18.5 Å². The minimum Gasteiger partial charge on any atom is -0.314 e. The van der Waals surface area contributed by atoms with Crippen molar-refractivity contribution in [3.05, 3.63) is 0 Å². The van der Waals surface area contributed by atoms with Crippen LogP contribution in [0.25, 0.3) is 0 Å². The second kappa shape index (κ2) is 11.1. The number of piperidine rings is 1. The van der Waals surface area contributed by atoms with Crippen molar-refractivity contribution in [1.29, 1.82) is 0 Å². The Morgan fingerprint density at radius 2 is 1.93 bits per heavy atom. The van der Waals surface area contributed by atoms with Crippen LogP contribution in [-0.2, 0) is 24.3 Å². The maximum absolute atomic E-state index is 12.8. The fourth-order valence-corrected chi connectivity index (χ4v) is 4.36. The summed E-state index contributed by atoms with van der Waals surface area (Å²) in [4.78, 5) is 31.9. The molecule has 12 heteroatoms. The predicted octanol–water partition coefficient (Wildman–Crippen LogP) is 0.890. The Bertz CT molecular complexity index is 658. The predicted molar refractivity (Wildman–Crippen MR) is 104 cm³/mol. The highest BCUT2D eigenvalue weighted by atomic mass is 32.3. The van der Waals surface area contributed by atoms with E-state index in [0.29, 0.717) is 24.8 Å². The van der Waals surface area contributed by atoms with Crippen molar-refractivity contribution in [1.82, 2.24) is 21.2 Å². The van der Waals surface area contributed by atoms with E-state index in [9.17, 15) is 18.0 Å². The average molecular weight is 437 g/mol. The van der Waals surface area contributed by atoms with E-state index in [0.717, 1.165) is 37.1 Å². The van der Waals surface area contributed by atoms with Crippen LogP contribution in [0.3, 0.4) is 0 Å². The summed E-state index contributed by atoms with van der Waals surface area (Å²) in [6.07, 6.45) is 6.16. The van der Waals surface area contributed by atoms with Crippen LogP contribution in [0.15, 0.2) is 0 Å². The first-order valence-corrected chi connectivity index (χ1v) is 11.5. The van der Waals surface area contributed by atoms with E-state index in [4.69, 9.17) is 9.39 Å². The van der Waals surface area contributed by atoms with E-state index in [2.05, 4.69) is 15.1 Å². The van der Waals surface area contributed by atoms with Crippen LogP contribution < -0.4 is 16.3 Å². The number of fused-ring (bicyclic) bond motifs is 1. The Morgan fingerprint density at radius 3 is 2.59 bits per heavy atom. The summed E-state index contributed by atoms with van der Waals surface area (Å²) >= 11 is 0. The molecule has 0 aromatic carbocycles. The lowest BCUT2D eigenvalue weighted by Gasteiger charge is -2.41. The standard InChI is InChI=1S/C17H32N4O7S/c1-3-7-14(21(4-2)17(23)20-28-29(24,25)26)16(22)19-27-15-10-11-18-13-9-6-5-8-12(13)15/h12-15,18H,3-11H2,1-2H3,(H,19,22)(H,20,23)(H,24,25,26)/t12?,13?,14-,15?/m0/s1. The van der Waals surface area contributed by atoms with Crippen molar-refractivity contribution in [3.63, 3.8) is 0 Å². The molecule has 0 spiro atoms. The molecular formula is C17H32N4O7S. The van der Waals surface area contributed by atoms with Crippen LogP contribution in [0.5, 0.6) is 0 Å². The van der Waals surface area contributed by atoms with Crippen LogP contribution in [0.2, 0.25) is 0 Å². The van der Waals surface area contributed by atoms with Crippen molar-refractivity contribution >= 4 is 22.3 Å². The molecule has 168 valence electrons. The topological polar surface area (TPSA) is 146 Å². The molecule has 3 unspecified atom stereocenters. The van der Waals surface area contributed by atoms with Crippen molar-refractivity contribution in [2.24, 2.45) is 5.92 Å². The minimum atomic E-state index is -4.85. The molecule has 11 nitrogen and oxygen atoms in total. The van der Waals surface area contributed by atoms with E-state index < -0.39 is 28.4 Å². The summed E-state index contributed by atoms with van der Waals surface area (Å²) in [5, 5.41) is 3.51. The van der Waals surface area contributed by atoms with Gasteiger partial charge in [-0.2, -0.15) is 13.9 Å². The molecule has 4 N–H and O–H groups in total. The number of hydrogen-bond donors (Lipinski definition) is 4. The van der Waals surface area contributed by atoms with Crippen LogP contribution in [-0.4, -0.2) is 61.1 Å². The van der Waals surface area contributed by atoms with E-state index in [1.807, 2.05) is 6.92 Å². The summed E-state index contributed by atoms with van der Waals surface area (Å²) < 4.78 is 33.8. The third-order valence-electron chi connectivity index (χ3n) is 5.52. The first-order valence-electron chi connectivity index (χ1n) is 10.2. The van der Waals surface area contributed by atoms with Crippen LogP contribution >= 0.6 is 0 Å². The quantitative estimate of drug-likeness (QED) is 0.308. The largest absolute Gasteiger partial charge is 0.418 e. The van der Waals surface area contributed by atoms with Gasteiger partial charge in [0.2, 0.25) is 0 Å². The van der Waals surface area contributed by atoms with Crippen molar-refractivity contribution in [2.75, 3.05) is 13.1 Å². The molecule has 1 heterocycles. The SMILES string of the molecule is CCC[C@@H](C(=O)NOC1CCNC2CCCCC21)N(CC)C(=O)NOS(=O)(=O)O. The van der Waals surface area contributed by atoms with Gasteiger partial charge in [-0.05, 0) is 39.2 Å². The van der Waals surface area contributed by atoms with E-state index in [1.165, 1.54) is 6.42 Å². The number of likely N-dealkylation sites (N-methyl/N-ethyl adjacent to an activating group) is 1. The van der Waals surface area contributed by atoms with E-state index in [1.54, 1.807) is 12.4 Å². The molecule has 1 saturated carbocycles. The Hall–Kier alpha value is -1.47. The number of carbonyl (C=O) groups excluding carboxylic acids is 2.